The maximum absolute atomic E-state index is 13.1. The van der Waals surface area contributed by atoms with Crippen molar-refractivity contribution in [2.45, 2.75) is 31.9 Å². The standard InChI is InChI=1S/C18H23F3N2O/c19-18(20,21)17-11-16(4-3-15(17)13-24)23-9-5-14(6-10-23)12-22-7-1-2-8-22/h3-4,11,13-14H,1-2,5-10,12H2. The summed E-state index contributed by atoms with van der Waals surface area (Å²) < 4.78 is 39.3. The van der Waals surface area contributed by atoms with Crippen molar-refractivity contribution in [3.63, 3.8) is 0 Å². The van der Waals surface area contributed by atoms with E-state index in [-0.39, 0.29) is 11.8 Å². The molecule has 0 radical (unpaired) electrons. The van der Waals surface area contributed by atoms with Crippen molar-refractivity contribution in [3.05, 3.63) is 29.3 Å². The van der Waals surface area contributed by atoms with Gasteiger partial charge in [-0.15, -0.1) is 0 Å². The molecule has 0 N–H and O–H groups in total. The molecule has 1 aromatic rings. The maximum atomic E-state index is 13.1. The lowest BCUT2D eigenvalue weighted by atomic mass is 9.95. The fourth-order valence-electron chi connectivity index (χ4n) is 3.79. The molecular weight excluding hydrogens is 317 g/mol. The molecule has 1 aromatic carbocycles. The SMILES string of the molecule is O=Cc1ccc(N2CCC(CN3CCCC3)CC2)cc1C(F)(F)F. The van der Waals surface area contributed by atoms with Gasteiger partial charge < -0.3 is 9.80 Å². The Morgan fingerprint density at radius 3 is 2.33 bits per heavy atom. The quantitative estimate of drug-likeness (QED) is 0.778. The molecule has 132 valence electrons. The van der Waals surface area contributed by atoms with Crippen LogP contribution in [0.25, 0.3) is 0 Å². The molecule has 0 aromatic heterocycles. The molecule has 3 rings (SSSR count). The second-order valence-corrected chi connectivity index (χ2v) is 6.83. The molecule has 3 nitrogen and oxygen atoms in total. The molecule has 2 saturated heterocycles. The van der Waals surface area contributed by atoms with Crippen molar-refractivity contribution in [1.82, 2.24) is 4.90 Å². The summed E-state index contributed by atoms with van der Waals surface area (Å²) in [5.41, 5.74) is -0.572. The minimum absolute atomic E-state index is 0.273. The van der Waals surface area contributed by atoms with Crippen LogP contribution in [0.15, 0.2) is 18.2 Å². The molecule has 0 amide bonds. The number of alkyl halides is 3. The van der Waals surface area contributed by atoms with Crippen LogP contribution in [0.4, 0.5) is 18.9 Å². The second kappa shape index (κ2) is 7.13. The minimum atomic E-state index is -4.50. The Bertz CT molecular complexity index is 574. The molecule has 2 heterocycles. The Morgan fingerprint density at radius 1 is 1.08 bits per heavy atom. The van der Waals surface area contributed by atoms with Crippen molar-refractivity contribution >= 4 is 12.0 Å². The van der Waals surface area contributed by atoms with Gasteiger partial charge in [0, 0.05) is 30.9 Å². The number of halogens is 3. The van der Waals surface area contributed by atoms with Crippen LogP contribution in [0.1, 0.15) is 41.6 Å². The van der Waals surface area contributed by atoms with Crippen LogP contribution in [-0.4, -0.2) is 43.9 Å². The predicted octanol–water partition coefficient (Wildman–Crippen LogP) is 3.83. The van der Waals surface area contributed by atoms with Gasteiger partial charge >= 0.3 is 6.18 Å². The average molecular weight is 340 g/mol. The molecule has 0 spiro atoms. The molecule has 2 aliphatic heterocycles. The number of benzene rings is 1. The summed E-state index contributed by atoms with van der Waals surface area (Å²) in [5, 5.41) is 0. The van der Waals surface area contributed by atoms with E-state index in [0.717, 1.165) is 38.5 Å². The van der Waals surface area contributed by atoms with Crippen LogP contribution in [0.5, 0.6) is 0 Å². The predicted molar refractivity (Wildman–Crippen MR) is 87.4 cm³/mol. The number of likely N-dealkylation sites (tertiary alicyclic amines) is 1. The maximum Gasteiger partial charge on any atom is 0.417 e. The zero-order valence-electron chi connectivity index (χ0n) is 13.7. The van der Waals surface area contributed by atoms with Gasteiger partial charge in [0.15, 0.2) is 6.29 Å². The summed E-state index contributed by atoms with van der Waals surface area (Å²) in [7, 11) is 0. The van der Waals surface area contributed by atoms with Gasteiger partial charge in [-0.1, -0.05) is 0 Å². The topological polar surface area (TPSA) is 23.6 Å². The molecular formula is C18H23F3N2O. The Kier molecular flexibility index (Phi) is 5.13. The van der Waals surface area contributed by atoms with Crippen LogP contribution in [0.2, 0.25) is 0 Å². The first-order valence-electron chi connectivity index (χ1n) is 8.61. The number of nitrogens with zero attached hydrogens (tertiary/aromatic N) is 2. The van der Waals surface area contributed by atoms with Crippen molar-refractivity contribution in [2.24, 2.45) is 5.92 Å². The van der Waals surface area contributed by atoms with E-state index in [0.29, 0.717) is 11.6 Å². The normalized spacial score (nSPS) is 20.5. The molecule has 0 saturated carbocycles. The third-order valence-corrected chi connectivity index (χ3v) is 5.16. The van der Waals surface area contributed by atoms with E-state index >= 15 is 0 Å². The van der Waals surface area contributed by atoms with Crippen LogP contribution < -0.4 is 4.90 Å². The second-order valence-electron chi connectivity index (χ2n) is 6.83. The lowest BCUT2D eigenvalue weighted by Crippen LogP contribution is -2.38. The molecule has 2 fully saturated rings. The highest BCUT2D eigenvalue weighted by Gasteiger charge is 2.34. The summed E-state index contributed by atoms with van der Waals surface area (Å²) in [5.74, 6) is 0.635. The van der Waals surface area contributed by atoms with Gasteiger partial charge in [-0.2, -0.15) is 13.2 Å². The average Bonchev–Trinajstić information content (AvgIpc) is 3.07. The van der Waals surface area contributed by atoms with E-state index in [4.69, 9.17) is 0 Å². The van der Waals surface area contributed by atoms with Gasteiger partial charge in [-0.25, -0.2) is 0 Å². The van der Waals surface area contributed by atoms with Crippen LogP contribution in [-0.2, 0) is 6.18 Å². The number of hydrogen-bond acceptors (Lipinski definition) is 3. The van der Waals surface area contributed by atoms with Crippen molar-refractivity contribution < 1.29 is 18.0 Å². The first-order valence-corrected chi connectivity index (χ1v) is 8.61. The Labute approximate surface area is 140 Å². The lowest BCUT2D eigenvalue weighted by Gasteiger charge is -2.35. The third-order valence-electron chi connectivity index (χ3n) is 5.16. The van der Waals surface area contributed by atoms with Gasteiger partial charge in [-0.05, 0) is 62.9 Å². The molecule has 0 atom stereocenters. The monoisotopic (exact) mass is 340 g/mol. The third kappa shape index (κ3) is 3.91. The zero-order valence-corrected chi connectivity index (χ0v) is 13.7. The van der Waals surface area contributed by atoms with Gasteiger partial charge in [0.2, 0.25) is 0 Å². The number of hydrogen-bond donors (Lipinski definition) is 0. The Morgan fingerprint density at radius 2 is 1.75 bits per heavy atom. The van der Waals surface area contributed by atoms with E-state index in [1.807, 2.05) is 4.90 Å². The number of carbonyl (C=O) groups excluding carboxylic acids is 1. The molecule has 2 aliphatic rings. The Balaban J connectivity index is 1.64. The van der Waals surface area contributed by atoms with Gasteiger partial charge in [0.25, 0.3) is 0 Å². The summed E-state index contributed by atoms with van der Waals surface area (Å²) >= 11 is 0. The largest absolute Gasteiger partial charge is 0.417 e. The molecule has 0 aliphatic carbocycles. The van der Waals surface area contributed by atoms with Crippen LogP contribution >= 0.6 is 0 Å². The van der Waals surface area contributed by atoms with Crippen molar-refractivity contribution in [1.29, 1.82) is 0 Å². The van der Waals surface area contributed by atoms with Crippen LogP contribution in [0, 0.1) is 5.92 Å². The number of rotatable bonds is 4. The first-order chi connectivity index (χ1) is 11.5. The van der Waals surface area contributed by atoms with Gasteiger partial charge in [-0.3, -0.25) is 4.79 Å². The highest BCUT2D eigenvalue weighted by atomic mass is 19.4. The molecule has 0 unspecified atom stereocenters. The van der Waals surface area contributed by atoms with Gasteiger partial charge in [0.1, 0.15) is 0 Å². The summed E-state index contributed by atoms with van der Waals surface area (Å²) in [6, 6.07) is 4.02. The molecule has 6 heteroatoms. The number of aldehydes is 1. The zero-order chi connectivity index (χ0) is 17.2. The summed E-state index contributed by atoms with van der Waals surface area (Å²) in [6.45, 7) is 5.03. The van der Waals surface area contributed by atoms with E-state index in [9.17, 15) is 18.0 Å². The fraction of sp³-hybridized carbons (Fsp3) is 0.611. The molecule has 24 heavy (non-hydrogen) atoms. The smallest absolute Gasteiger partial charge is 0.372 e. The highest BCUT2D eigenvalue weighted by Crippen LogP contribution is 2.35. The number of piperidine rings is 1. The van der Waals surface area contributed by atoms with Crippen LogP contribution in [0.3, 0.4) is 0 Å². The number of anilines is 1. The minimum Gasteiger partial charge on any atom is -0.372 e. The van der Waals surface area contributed by atoms with E-state index in [2.05, 4.69) is 4.90 Å². The van der Waals surface area contributed by atoms with E-state index in [1.165, 1.54) is 32.0 Å². The summed E-state index contributed by atoms with van der Waals surface area (Å²) in [6.07, 6.45) is 0.347. The van der Waals surface area contributed by atoms with E-state index in [1.54, 1.807) is 6.07 Å². The van der Waals surface area contributed by atoms with Crippen molar-refractivity contribution in [2.75, 3.05) is 37.6 Å². The van der Waals surface area contributed by atoms with E-state index < -0.39 is 11.7 Å². The molecule has 0 bridgehead atoms. The lowest BCUT2D eigenvalue weighted by molar-refractivity contribution is -0.137. The van der Waals surface area contributed by atoms with Gasteiger partial charge in [0.05, 0.1) is 5.56 Å². The number of carbonyl (C=O) groups is 1. The summed E-state index contributed by atoms with van der Waals surface area (Å²) in [4.78, 5) is 15.4. The fourth-order valence-corrected chi connectivity index (χ4v) is 3.79. The first kappa shape index (κ1) is 17.3. The van der Waals surface area contributed by atoms with Crippen molar-refractivity contribution in [3.8, 4) is 0 Å². The Hall–Kier alpha value is -1.56. The highest BCUT2D eigenvalue weighted by molar-refractivity contribution is 5.79.